The van der Waals surface area contributed by atoms with Crippen LogP contribution in [0.5, 0.6) is 0 Å². The van der Waals surface area contributed by atoms with Crippen LogP contribution in [0.15, 0.2) is 271 Å². The maximum Gasteiger partial charge on any atom is 0.137 e. The highest BCUT2D eigenvalue weighted by Crippen LogP contribution is 2.66. The molecule has 3 heteroatoms. The number of nitrogens with zero attached hydrogens (tertiary/aromatic N) is 2. The highest BCUT2D eigenvalue weighted by atomic mass is 16.3. The summed E-state index contributed by atoms with van der Waals surface area (Å²) >= 11 is 0. The van der Waals surface area contributed by atoms with E-state index in [1.54, 1.807) is 0 Å². The Morgan fingerprint density at radius 2 is 0.686 bits per heavy atom. The van der Waals surface area contributed by atoms with E-state index in [4.69, 9.17) is 4.42 Å². The van der Waals surface area contributed by atoms with Crippen molar-refractivity contribution in [3.05, 3.63) is 289 Å². The summed E-state index contributed by atoms with van der Waals surface area (Å²) in [5, 5.41) is 2.16. The standard InChI is InChI=1S/C67H44N2O/c1-6-23-45(24-7-1)53-41-55-50-33-16-19-36-57(50)67(59(55)43-62(53)68(47-27-10-3-11-28-47)48-29-12-4-13-30-48)58-37-20-17-34-51(58)56-42-54(46-25-8-2-9-26-46)63(44-60(56)67)69(49-31-14-5-15-32-49)61-38-22-40-65-66(61)52-35-18-21-39-64(52)70-65/h1-44H. The first-order valence-corrected chi connectivity index (χ1v) is 24.1. The lowest BCUT2D eigenvalue weighted by atomic mass is 9.70. The van der Waals surface area contributed by atoms with Crippen LogP contribution in [-0.4, -0.2) is 0 Å². The lowest BCUT2D eigenvalue weighted by Crippen LogP contribution is -2.27. The lowest BCUT2D eigenvalue weighted by Gasteiger charge is -2.35. The second-order valence-electron chi connectivity index (χ2n) is 18.3. The van der Waals surface area contributed by atoms with Gasteiger partial charge >= 0.3 is 0 Å². The molecule has 70 heavy (non-hydrogen) atoms. The zero-order valence-corrected chi connectivity index (χ0v) is 38.2. The molecule has 1 unspecified atom stereocenters. The first-order chi connectivity index (χ1) is 34.8. The molecular formula is C67H44N2O. The number of para-hydroxylation sites is 4. The summed E-state index contributed by atoms with van der Waals surface area (Å²) in [4.78, 5) is 4.92. The van der Waals surface area contributed by atoms with Crippen LogP contribution in [0, 0.1) is 0 Å². The van der Waals surface area contributed by atoms with Crippen molar-refractivity contribution in [2.24, 2.45) is 0 Å². The van der Waals surface area contributed by atoms with E-state index in [1.165, 1.54) is 50.1 Å². The van der Waals surface area contributed by atoms with Gasteiger partial charge in [0, 0.05) is 33.6 Å². The van der Waals surface area contributed by atoms with Gasteiger partial charge in [0.15, 0.2) is 0 Å². The average Bonchev–Trinajstić information content (AvgIpc) is 4.07. The molecule has 328 valence electrons. The zero-order chi connectivity index (χ0) is 46.2. The molecule has 1 atom stereocenters. The molecule has 0 aliphatic heterocycles. The molecule has 1 heterocycles. The second-order valence-corrected chi connectivity index (χ2v) is 18.3. The SMILES string of the molecule is c1ccc(-c2cc3c(cc2N(c2ccccc2)c2ccccc2)C2(c4ccccc4-3)c3ccccc3-c3cc(-c4ccccc4)c(N(c4ccccc4)c4cccc5oc6ccccc6c45)cc32)cc1. The summed E-state index contributed by atoms with van der Waals surface area (Å²) in [7, 11) is 0. The molecule has 2 aliphatic rings. The summed E-state index contributed by atoms with van der Waals surface area (Å²) in [5.41, 5.74) is 22.2. The molecule has 0 fully saturated rings. The van der Waals surface area contributed by atoms with Crippen molar-refractivity contribution in [2.45, 2.75) is 5.41 Å². The molecule has 0 N–H and O–H groups in total. The van der Waals surface area contributed by atoms with Gasteiger partial charge in [0.2, 0.25) is 0 Å². The third kappa shape index (κ3) is 5.95. The Hall–Kier alpha value is -9.18. The van der Waals surface area contributed by atoms with Gasteiger partial charge < -0.3 is 14.2 Å². The quantitative estimate of drug-likeness (QED) is 0.152. The van der Waals surface area contributed by atoms with Crippen LogP contribution < -0.4 is 9.80 Å². The topological polar surface area (TPSA) is 19.6 Å². The summed E-state index contributed by atoms with van der Waals surface area (Å²) in [6.07, 6.45) is 0. The summed E-state index contributed by atoms with van der Waals surface area (Å²) in [5.74, 6) is 0. The third-order valence-corrected chi connectivity index (χ3v) is 14.6. The Kier molecular flexibility index (Phi) is 9.11. The van der Waals surface area contributed by atoms with Crippen molar-refractivity contribution >= 4 is 56.1 Å². The number of fused-ring (bicyclic) bond motifs is 13. The van der Waals surface area contributed by atoms with E-state index in [0.717, 1.165) is 72.8 Å². The number of hydrogen-bond acceptors (Lipinski definition) is 3. The first-order valence-electron chi connectivity index (χ1n) is 24.1. The molecule has 2 aliphatic carbocycles. The fraction of sp³-hybridized carbons (Fsp3) is 0.0149. The van der Waals surface area contributed by atoms with Gasteiger partial charge in [-0.2, -0.15) is 0 Å². The Bertz CT molecular complexity index is 3890. The van der Waals surface area contributed by atoms with Crippen LogP contribution in [0.2, 0.25) is 0 Å². The summed E-state index contributed by atoms with van der Waals surface area (Å²) < 4.78 is 6.61. The van der Waals surface area contributed by atoms with Crippen molar-refractivity contribution in [3.8, 4) is 44.5 Å². The molecule has 1 aromatic heterocycles. The van der Waals surface area contributed by atoms with Crippen molar-refractivity contribution in [1.29, 1.82) is 0 Å². The van der Waals surface area contributed by atoms with Crippen LogP contribution >= 0.6 is 0 Å². The van der Waals surface area contributed by atoms with E-state index >= 15 is 0 Å². The summed E-state index contributed by atoms with van der Waals surface area (Å²) in [6.45, 7) is 0. The minimum atomic E-state index is -0.679. The molecule has 0 saturated carbocycles. The number of anilines is 6. The Labute approximate surface area is 407 Å². The fourth-order valence-corrected chi connectivity index (χ4v) is 11.8. The average molecular weight is 893 g/mol. The van der Waals surface area contributed by atoms with Crippen LogP contribution in [0.3, 0.4) is 0 Å². The largest absolute Gasteiger partial charge is 0.456 e. The molecule has 0 radical (unpaired) electrons. The molecule has 1 spiro atoms. The van der Waals surface area contributed by atoms with E-state index < -0.39 is 5.41 Å². The highest BCUT2D eigenvalue weighted by Gasteiger charge is 2.53. The Balaban J connectivity index is 1.12. The number of hydrogen-bond donors (Lipinski definition) is 0. The normalized spacial score (nSPS) is 14.1. The maximum absolute atomic E-state index is 6.61. The lowest BCUT2D eigenvalue weighted by molar-refractivity contribution is 0.669. The van der Waals surface area contributed by atoms with Gasteiger partial charge in [0.1, 0.15) is 11.2 Å². The van der Waals surface area contributed by atoms with Crippen molar-refractivity contribution in [1.82, 2.24) is 0 Å². The first kappa shape index (κ1) is 39.9. The Morgan fingerprint density at radius 1 is 0.271 bits per heavy atom. The molecule has 14 rings (SSSR count). The predicted octanol–water partition coefficient (Wildman–Crippen LogP) is 18.2. The second kappa shape index (κ2) is 16.0. The van der Waals surface area contributed by atoms with E-state index in [0.29, 0.717) is 0 Å². The smallest absolute Gasteiger partial charge is 0.137 e. The third-order valence-electron chi connectivity index (χ3n) is 14.6. The van der Waals surface area contributed by atoms with Gasteiger partial charge in [0.25, 0.3) is 0 Å². The molecule has 0 bridgehead atoms. The van der Waals surface area contributed by atoms with Crippen LogP contribution in [0.4, 0.5) is 34.1 Å². The van der Waals surface area contributed by atoms with Gasteiger partial charge in [-0.15, -0.1) is 0 Å². The maximum atomic E-state index is 6.61. The highest BCUT2D eigenvalue weighted by molar-refractivity contribution is 6.14. The van der Waals surface area contributed by atoms with Gasteiger partial charge in [0.05, 0.1) is 27.9 Å². The minimum absolute atomic E-state index is 0.679. The molecular weight excluding hydrogens is 849 g/mol. The van der Waals surface area contributed by atoms with Crippen LogP contribution in [0.1, 0.15) is 22.3 Å². The van der Waals surface area contributed by atoms with Gasteiger partial charge in [-0.25, -0.2) is 0 Å². The van der Waals surface area contributed by atoms with Gasteiger partial charge in [-0.3, -0.25) is 0 Å². The molecule has 3 nitrogen and oxygen atoms in total. The number of rotatable bonds is 8. The molecule has 12 aromatic rings. The van der Waals surface area contributed by atoms with Crippen LogP contribution in [0.25, 0.3) is 66.4 Å². The fourth-order valence-electron chi connectivity index (χ4n) is 11.8. The number of furan rings is 1. The number of benzene rings is 11. The van der Waals surface area contributed by atoms with Crippen molar-refractivity contribution < 1.29 is 4.42 Å². The van der Waals surface area contributed by atoms with Crippen molar-refractivity contribution in [2.75, 3.05) is 9.80 Å². The molecule has 0 amide bonds. The van der Waals surface area contributed by atoms with E-state index in [1.807, 2.05) is 0 Å². The molecule has 11 aromatic carbocycles. The van der Waals surface area contributed by atoms with Crippen molar-refractivity contribution in [3.63, 3.8) is 0 Å². The van der Waals surface area contributed by atoms with E-state index in [-0.39, 0.29) is 0 Å². The van der Waals surface area contributed by atoms with Crippen LogP contribution in [-0.2, 0) is 5.41 Å². The zero-order valence-electron chi connectivity index (χ0n) is 38.2. The summed E-state index contributed by atoms with van der Waals surface area (Å²) in [6, 6.07) is 97.5. The molecule has 0 saturated heterocycles. The van der Waals surface area contributed by atoms with Gasteiger partial charge in [-0.05, 0) is 134 Å². The van der Waals surface area contributed by atoms with E-state index in [2.05, 4.69) is 277 Å². The Morgan fingerprint density at radius 3 is 1.21 bits per heavy atom. The monoisotopic (exact) mass is 892 g/mol. The predicted molar refractivity (Wildman–Crippen MR) is 290 cm³/mol. The van der Waals surface area contributed by atoms with E-state index in [9.17, 15) is 0 Å². The minimum Gasteiger partial charge on any atom is -0.456 e. The van der Waals surface area contributed by atoms with Gasteiger partial charge in [-0.1, -0.05) is 188 Å².